The summed E-state index contributed by atoms with van der Waals surface area (Å²) in [6.07, 6.45) is 9.29. The second kappa shape index (κ2) is 10.6. The first kappa shape index (κ1) is 19.2. The average Bonchev–Trinajstić information content (AvgIpc) is 2.73. The van der Waals surface area contributed by atoms with E-state index in [4.69, 9.17) is 0 Å². The van der Waals surface area contributed by atoms with Crippen molar-refractivity contribution in [3.05, 3.63) is 90.5 Å². The molecule has 1 nitrogen and oxygen atoms in total. The average molecular weight is 358 g/mol. The number of anilines is 3. The minimum atomic E-state index is 1.18. The molecule has 0 aliphatic rings. The molecule has 0 fully saturated rings. The Kier molecular flexibility index (Phi) is 7.53. The third-order valence-electron chi connectivity index (χ3n) is 5.04. The number of rotatable bonds is 10. The van der Waals surface area contributed by atoms with E-state index < -0.39 is 0 Å². The molecule has 0 spiro atoms. The Morgan fingerprint density at radius 2 is 1.00 bits per heavy atom. The number of hydrogen-bond donors (Lipinski definition) is 0. The summed E-state index contributed by atoms with van der Waals surface area (Å²) in [7, 11) is 0. The van der Waals surface area contributed by atoms with Crippen molar-refractivity contribution in [2.75, 3.05) is 4.90 Å². The van der Waals surface area contributed by atoms with Crippen molar-refractivity contribution in [3.8, 4) is 0 Å². The Morgan fingerprint density at radius 1 is 0.519 bits per heavy atom. The summed E-state index contributed by atoms with van der Waals surface area (Å²) in [4.78, 5) is 2.31. The van der Waals surface area contributed by atoms with Crippen LogP contribution >= 0.6 is 0 Å². The summed E-state index contributed by atoms with van der Waals surface area (Å²) in [5, 5.41) is 0. The Hall–Kier alpha value is -2.54. The molecule has 0 unspecified atom stereocenters. The van der Waals surface area contributed by atoms with Crippen LogP contribution in [-0.4, -0.2) is 0 Å². The van der Waals surface area contributed by atoms with E-state index in [9.17, 15) is 0 Å². The molecule has 0 saturated carbocycles. The lowest BCUT2D eigenvalue weighted by Gasteiger charge is -2.25. The van der Waals surface area contributed by atoms with Crippen molar-refractivity contribution in [3.63, 3.8) is 0 Å². The number of aryl methyl sites for hydroxylation is 1. The first-order valence-corrected chi connectivity index (χ1v) is 10.4. The fourth-order valence-electron chi connectivity index (χ4n) is 3.52. The van der Waals surface area contributed by atoms with Crippen molar-refractivity contribution >= 4 is 17.1 Å². The van der Waals surface area contributed by atoms with Crippen LogP contribution in [0.4, 0.5) is 17.1 Å². The number of nitrogens with zero attached hydrogens (tertiary/aromatic N) is 1. The van der Waals surface area contributed by atoms with Crippen molar-refractivity contribution in [2.24, 2.45) is 0 Å². The van der Waals surface area contributed by atoms with E-state index in [2.05, 4.69) is 96.8 Å². The lowest BCUT2D eigenvalue weighted by Crippen LogP contribution is -2.09. The molecule has 1 heteroatoms. The highest BCUT2D eigenvalue weighted by atomic mass is 15.1. The predicted octanol–water partition coefficient (Wildman–Crippen LogP) is 8.06. The van der Waals surface area contributed by atoms with Crippen LogP contribution in [0.5, 0.6) is 0 Å². The molecule has 0 aliphatic carbocycles. The summed E-state index contributed by atoms with van der Waals surface area (Å²) in [6.45, 7) is 2.27. The van der Waals surface area contributed by atoms with E-state index in [1.165, 1.54) is 67.6 Å². The molecule has 0 saturated heterocycles. The molecule has 0 N–H and O–H groups in total. The van der Waals surface area contributed by atoms with E-state index >= 15 is 0 Å². The Bertz CT molecular complexity index is 723. The van der Waals surface area contributed by atoms with Gasteiger partial charge >= 0.3 is 0 Å². The van der Waals surface area contributed by atoms with Crippen LogP contribution in [0.2, 0.25) is 0 Å². The van der Waals surface area contributed by atoms with Crippen LogP contribution in [0, 0.1) is 0 Å². The molecule has 0 aromatic heterocycles. The predicted molar refractivity (Wildman–Crippen MR) is 118 cm³/mol. The first-order valence-electron chi connectivity index (χ1n) is 10.4. The van der Waals surface area contributed by atoms with Crippen LogP contribution in [0.25, 0.3) is 0 Å². The van der Waals surface area contributed by atoms with E-state index in [1.807, 2.05) is 0 Å². The molecule has 0 amide bonds. The van der Waals surface area contributed by atoms with Gasteiger partial charge in [0.05, 0.1) is 0 Å². The molecular weight excluding hydrogens is 326 g/mol. The molecular formula is C26H31N. The van der Waals surface area contributed by atoms with E-state index in [0.29, 0.717) is 0 Å². The summed E-state index contributed by atoms with van der Waals surface area (Å²) in [6, 6.07) is 30.3. The lowest BCUT2D eigenvalue weighted by atomic mass is 10.0. The molecule has 0 aliphatic heterocycles. The van der Waals surface area contributed by atoms with Gasteiger partial charge in [0.15, 0.2) is 0 Å². The summed E-state index contributed by atoms with van der Waals surface area (Å²) < 4.78 is 0. The maximum Gasteiger partial charge on any atom is 0.0461 e. The smallest absolute Gasteiger partial charge is 0.0461 e. The minimum Gasteiger partial charge on any atom is -0.311 e. The van der Waals surface area contributed by atoms with Gasteiger partial charge in [0, 0.05) is 17.1 Å². The zero-order valence-corrected chi connectivity index (χ0v) is 16.5. The molecule has 0 heterocycles. The normalized spacial score (nSPS) is 10.7. The monoisotopic (exact) mass is 357 g/mol. The standard InChI is InChI=1S/C26H31N/c1-2-3-4-5-6-9-14-23-19-21-26(22-20-23)27(24-15-10-7-11-16-24)25-17-12-8-13-18-25/h7-8,10-13,15-22H,2-6,9,14H2,1H3. The van der Waals surface area contributed by atoms with Gasteiger partial charge in [-0.3, -0.25) is 0 Å². The summed E-state index contributed by atoms with van der Waals surface area (Å²) in [5.74, 6) is 0. The largest absolute Gasteiger partial charge is 0.311 e. The van der Waals surface area contributed by atoms with E-state index in [-0.39, 0.29) is 0 Å². The Morgan fingerprint density at radius 3 is 1.56 bits per heavy atom. The zero-order valence-electron chi connectivity index (χ0n) is 16.5. The van der Waals surface area contributed by atoms with Crippen molar-refractivity contribution < 1.29 is 0 Å². The second-order valence-corrected chi connectivity index (χ2v) is 7.19. The third-order valence-corrected chi connectivity index (χ3v) is 5.04. The topological polar surface area (TPSA) is 3.24 Å². The van der Waals surface area contributed by atoms with E-state index in [0.717, 1.165) is 0 Å². The van der Waals surface area contributed by atoms with Crippen LogP contribution in [-0.2, 0) is 6.42 Å². The van der Waals surface area contributed by atoms with Gasteiger partial charge in [-0.25, -0.2) is 0 Å². The number of unbranched alkanes of at least 4 members (excludes halogenated alkanes) is 5. The van der Waals surface area contributed by atoms with Gasteiger partial charge in [-0.1, -0.05) is 87.6 Å². The second-order valence-electron chi connectivity index (χ2n) is 7.19. The van der Waals surface area contributed by atoms with Gasteiger partial charge < -0.3 is 4.90 Å². The fraction of sp³-hybridized carbons (Fsp3) is 0.308. The molecule has 0 atom stereocenters. The molecule has 3 aromatic carbocycles. The van der Waals surface area contributed by atoms with Gasteiger partial charge in [0.25, 0.3) is 0 Å². The van der Waals surface area contributed by atoms with Crippen LogP contribution < -0.4 is 4.90 Å². The minimum absolute atomic E-state index is 1.18. The fourth-order valence-corrected chi connectivity index (χ4v) is 3.52. The maximum atomic E-state index is 2.31. The first-order chi connectivity index (χ1) is 13.4. The van der Waals surface area contributed by atoms with Crippen molar-refractivity contribution in [1.82, 2.24) is 0 Å². The molecule has 0 radical (unpaired) electrons. The molecule has 27 heavy (non-hydrogen) atoms. The molecule has 3 rings (SSSR count). The summed E-state index contributed by atoms with van der Waals surface area (Å²) in [5.41, 5.74) is 5.02. The van der Waals surface area contributed by atoms with E-state index in [1.54, 1.807) is 0 Å². The number of benzene rings is 3. The quantitative estimate of drug-likeness (QED) is 0.332. The van der Waals surface area contributed by atoms with Crippen LogP contribution in [0.3, 0.4) is 0 Å². The highest BCUT2D eigenvalue weighted by molar-refractivity contribution is 5.76. The van der Waals surface area contributed by atoms with Gasteiger partial charge in [-0.15, -0.1) is 0 Å². The van der Waals surface area contributed by atoms with Gasteiger partial charge in [-0.05, 0) is 54.8 Å². The van der Waals surface area contributed by atoms with Crippen molar-refractivity contribution in [2.45, 2.75) is 51.9 Å². The number of hydrogen-bond acceptors (Lipinski definition) is 1. The SMILES string of the molecule is CCCCCCCCc1ccc(N(c2ccccc2)c2ccccc2)cc1. The highest BCUT2D eigenvalue weighted by Gasteiger charge is 2.11. The molecule has 3 aromatic rings. The number of para-hydroxylation sites is 2. The van der Waals surface area contributed by atoms with Crippen LogP contribution in [0.15, 0.2) is 84.9 Å². The van der Waals surface area contributed by atoms with Gasteiger partial charge in [0.1, 0.15) is 0 Å². The highest BCUT2D eigenvalue weighted by Crippen LogP contribution is 2.34. The Labute approximate surface area is 164 Å². The summed E-state index contributed by atoms with van der Waals surface area (Å²) >= 11 is 0. The Balaban J connectivity index is 1.69. The maximum absolute atomic E-state index is 2.31. The van der Waals surface area contributed by atoms with Crippen LogP contribution in [0.1, 0.15) is 51.0 Å². The molecule has 0 bridgehead atoms. The van der Waals surface area contributed by atoms with Crippen molar-refractivity contribution in [1.29, 1.82) is 0 Å². The van der Waals surface area contributed by atoms with Gasteiger partial charge in [-0.2, -0.15) is 0 Å². The molecule has 140 valence electrons. The third kappa shape index (κ3) is 5.72. The zero-order chi connectivity index (χ0) is 18.7. The lowest BCUT2D eigenvalue weighted by molar-refractivity contribution is 0.607. The van der Waals surface area contributed by atoms with Gasteiger partial charge in [0.2, 0.25) is 0 Å².